The minimum absolute atomic E-state index is 0.00193. The van der Waals surface area contributed by atoms with E-state index in [0.29, 0.717) is 25.7 Å². The summed E-state index contributed by atoms with van der Waals surface area (Å²) in [6, 6.07) is -2.57. The van der Waals surface area contributed by atoms with Crippen molar-refractivity contribution in [2.75, 3.05) is 25.6 Å². The molecule has 0 saturated carbocycles. The number of aliphatic hydroxyl groups excluding tert-OH is 3. The lowest BCUT2D eigenvalue weighted by Crippen LogP contribution is -2.73. The number of aliphatic hydroxyl groups is 3. The van der Waals surface area contributed by atoms with E-state index in [1.807, 2.05) is 0 Å². The van der Waals surface area contributed by atoms with E-state index < -0.39 is 66.7 Å². The van der Waals surface area contributed by atoms with Crippen molar-refractivity contribution in [3.63, 3.8) is 0 Å². The number of rotatable bonds is 57. The molecule has 11 nitrogen and oxygen atoms in total. The van der Waals surface area contributed by atoms with E-state index in [0.717, 1.165) is 64.2 Å². The SMILES string of the molecule is CCCCCCCCCCCCCCCCOC(CCCCCCCCCCCCCCCC)(CCCCCCCCCCCCCCCC)C(CC(O)CO)(NC(=O)C(CO)NC(=O)C(N)CS)C(=O)O. The minimum atomic E-state index is -2.20. The maximum absolute atomic E-state index is 14.3. The number of ether oxygens (including phenoxy) is 1. The molecule has 0 spiro atoms. The van der Waals surface area contributed by atoms with E-state index in [9.17, 15) is 34.8 Å². The van der Waals surface area contributed by atoms with Crippen molar-refractivity contribution in [2.24, 2.45) is 5.73 Å². The van der Waals surface area contributed by atoms with Crippen molar-refractivity contribution in [2.45, 2.75) is 339 Å². The number of carbonyl (C=O) groups excluding carboxylic acids is 2. The molecule has 0 rings (SSSR count). The van der Waals surface area contributed by atoms with Crippen LogP contribution in [-0.4, -0.2) is 93.1 Å². The van der Waals surface area contributed by atoms with E-state index in [1.165, 1.54) is 193 Å². The topological polar surface area (TPSA) is 191 Å². The molecule has 4 atom stereocenters. The summed E-state index contributed by atoms with van der Waals surface area (Å²) in [5, 5.41) is 48.6. The lowest BCUT2D eigenvalue weighted by molar-refractivity contribution is -0.181. The van der Waals surface area contributed by atoms with Crippen molar-refractivity contribution in [3.05, 3.63) is 0 Å². The molecule has 2 amide bonds. The van der Waals surface area contributed by atoms with E-state index in [4.69, 9.17) is 10.5 Å². The number of unbranched alkanes of at least 4 members (excludes halogenated alkanes) is 39. The van der Waals surface area contributed by atoms with Crippen LogP contribution in [0.5, 0.6) is 0 Å². The quantitative estimate of drug-likeness (QED) is 0.0216. The molecule has 0 aliphatic carbocycles. The van der Waals surface area contributed by atoms with Gasteiger partial charge in [0, 0.05) is 18.8 Å². The molecular weight excluding hydrogens is 923 g/mol. The maximum Gasteiger partial charge on any atom is 0.332 e. The standard InChI is InChI=1S/C60H119N3O8S/c1-4-7-10-13-16-19-22-25-28-31-34-37-40-43-46-59(47-44-41-38-35-32-29-26-23-20-17-14-11-8-5-2,71-48-45-42-39-36-33-30-27-24-21-18-15-12-9-6-3)60(58(69)70,49-53(66)50-64)63-57(68)55(51-65)62-56(67)54(61)52-72/h53-55,64-66,72H,4-52,61H2,1-3H3,(H,62,67)(H,63,68)(H,69,70). The van der Waals surface area contributed by atoms with Gasteiger partial charge in [-0.3, -0.25) is 9.59 Å². The Morgan fingerprint density at radius 2 is 0.792 bits per heavy atom. The number of aliphatic carboxylic acids is 1. The van der Waals surface area contributed by atoms with Gasteiger partial charge in [-0.1, -0.05) is 284 Å². The van der Waals surface area contributed by atoms with Crippen LogP contribution in [0.4, 0.5) is 0 Å². The molecule has 72 heavy (non-hydrogen) atoms. The van der Waals surface area contributed by atoms with Gasteiger partial charge >= 0.3 is 5.97 Å². The van der Waals surface area contributed by atoms with E-state index >= 15 is 0 Å². The summed E-state index contributed by atoms with van der Waals surface area (Å²) in [5.41, 5.74) is 2.25. The van der Waals surface area contributed by atoms with Crippen LogP contribution in [0.3, 0.4) is 0 Å². The summed E-state index contributed by atoms with van der Waals surface area (Å²) < 4.78 is 7.02. The Labute approximate surface area is 449 Å². The Hall–Kier alpha value is -1.44. The van der Waals surface area contributed by atoms with Crippen LogP contribution in [0.15, 0.2) is 0 Å². The molecule has 428 valence electrons. The largest absolute Gasteiger partial charge is 0.479 e. The molecule has 0 saturated heterocycles. The highest BCUT2D eigenvalue weighted by molar-refractivity contribution is 7.80. The summed E-state index contributed by atoms with van der Waals surface area (Å²) in [5.74, 6) is -3.01. The van der Waals surface area contributed by atoms with Crippen LogP contribution in [0.1, 0.15) is 310 Å². The number of carboxylic acid groups (broad SMARTS) is 1. The van der Waals surface area contributed by atoms with Crippen LogP contribution in [0.25, 0.3) is 0 Å². The predicted octanol–water partition coefficient (Wildman–Crippen LogP) is 14.4. The van der Waals surface area contributed by atoms with Crippen molar-refractivity contribution in [1.29, 1.82) is 0 Å². The lowest BCUT2D eigenvalue weighted by atomic mass is 9.69. The number of hydrogen-bond donors (Lipinski definition) is 8. The number of carboxylic acids is 1. The Kier molecular flexibility index (Phi) is 49.4. The van der Waals surface area contributed by atoms with Gasteiger partial charge in [0.1, 0.15) is 11.6 Å². The van der Waals surface area contributed by atoms with Gasteiger partial charge in [-0.15, -0.1) is 0 Å². The molecule has 0 radical (unpaired) electrons. The first-order valence-corrected chi connectivity index (χ1v) is 31.4. The van der Waals surface area contributed by atoms with E-state index in [-0.39, 0.29) is 12.4 Å². The number of nitrogens with two attached hydrogens (primary N) is 1. The van der Waals surface area contributed by atoms with Crippen LogP contribution < -0.4 is 16.4 Å². The van der Waals surface area contributed by atoms with Crippen molar-refractivity contribution in [1.82, 2.24) is 10.6 Å². The van der Waals surface area contributed by atoms with Crippen LogP contribution in [-0.2, 0) is 19.1 Å². The first kappa shape index (κ1) is 70.6. The Balaban J connectivity index is 6.29. The number of amides is 2. The summed E-state index contributed by atoms with van der Waals surface area (Å²) in [4.78, 5) is 41.3. The maximum atomic E-state index is 14.3. The summed E-state index contributed by atoms with van der Waals surface area (Å²) in [6.45, 7) is 5.53. The van der Waals surface area contributed by atoms with Gasteiger partial charge in [0.2, 0.25) is 11.8 Å². The second-order valence-electron chi connectivity index (χ2n) is 21.9. The molecular formula is C60H119N3O8S. The lowest BCUT2D eigenvalue weighted by Gasteiger charge is -2.49. The van der Waals surface area contributed by atoms with Gasteiger partial charge in [0.05, 0.1) is 25.4 Å². The van der Waals surface area contributed by atoms with E-state index in [2.05, 4.69) is 44.0 Å². The van der Waals surface area contributed by atoms with Crippen LogP contribution in [0, 0.1) is 0 Å². The zero-order chi connectivity index (χ0) is 53.2. The second-order valence-corrected chi connectivity index (χ2v) is 22.3. The van der Waals surface area contributed by atoms with Crippen molar-refractivity contribution < 1.29 is 39.5 Å². The molecule has 0 aromatic carbocycles. The van der Waals surface area contributed by atoms with E-state index in [1.54, 1.807) is 0 Å². The minimum Gasteiger partial charge on any atom is -0.479 e. The highest BCUT2D eigenvalue weighted by Crippen LogP contribution is 2.41. The van der Waals surface area contributed by atoms with Gasteiger partial charge < -0.3 is 41.5 Å². The fraction of sp³-hybridized carbons (Fsp3) is 0.950. The number of hydrogen-bond acceptors (Lipinski definition) is 9. The van der Waals surface area contributed by atoms with Crippen molar-refractivity contribution in [3.8, 4) is 0 Å². The van der Waals surface area contributed by atoms with Gasteiger partial charge in [0.15, 0.2) is 5.54 Å². The van der Waals surface area contributed by atoms with Crippen molar-refractivity contribution >= 4 is 30.4 Å². The Bertz CT molecular complexity index is 1200. The first-order valence-electron chi connectivity index (χ1n) is 30.8. The zero-order valence-electron chi connectivity index (χ0n) is 47.3. The van der Waals surface area contributed by atoms with Gasteiger partial charge in [-0.05, 0) is 19.3 Å². The fourth-order valence-electron chi connectivity index (χ4n) is 10.6. The molecule has 8 N–H and O–H groups in total. The zero-order valence-corrected chi connectivity index (χ0v) is 48.2. The smallest absolute Gasteiger partial charge is 0.332 e. The average molecular weight is 1040 g/mol. The third-order valence-corrected chi connectivity index (χ3v) is 15.7. The highest BCUT2D eigenvalue weighted by atomic mass is 32.1. The molecule has 0 heterocycles. The second kappa shape index (κ2) is 50.4. The average Bonchev–Trinajstić information content (AvgIpc) is 3.38. The summed E-state index contributed by atoms with van der Waals surface area (Å²) in [7, 11) is 0. The van der Waals surface area contributed by atoms with Gasteiger partial charge in [0.25, 0.3) is 0 Å². The number of carbonyl (C=O) groups is 3. The molecule has 0 aliphatic heterocycles. The number of nitrogens with one attached hydrogen (secondary N) is 2. The summed E-state index contributed by atoms with van der Waals surface area (Å²) >= 11 is 4.11. The Morgan fingerprint density at radius 3 is 1.07 bits per heavy atom. The third-order valence-electron chi connectivity index (χ3n) is 15.3. The third kappa shape index (κ3) is 35.7. The Morgan fingerprint density at radius 1 is 0.486 bits per heavy atom. The molecule has 12 heteroatoms. The van der Waals surface area contributed by atoms with Gasteiger partial charge in [-0.2, -0.15) is 12.6 Å². The molecule has 0 bridgehead atoms. The van der Waals surface area contributed by atoms with Gasteiger partial charge in [-0.25, -0.2) is 4.79 Å². The first-order chi connectivity index (χ1) is 35.0. The molecule has 0 aromatic heterocycles. The summed E-state index contributed by atoms with van der Waals surface area (Å²) in [6.07, 6.45) is 48.5. The molecule has 0 aromatic rings. The molecule has 4 unspecified atom stereocenters. The monoisotopic (exact) mass is 1040 g/mol. The normalized spacial score (nSPS) is 14.0. The number of thiol groups is 1. The van der Waals surface area contributed by atoms with Crippen LogP contribution in [0.2, 0.25) is 0 Å². The van der Waals surface area contributed by atoms with Crippen LogP contribution >= 0.6 is 12.6 Å². The predicted molar refractivity (Wildman–Crippen MR) is 306 cm³/mol. The molecule has 0 aliphatic rings. The fourth-order valence-corrected chi connectivity index (χ4v) is 10.7. The molecule has 0 fully saturated rings. The highest BCUT2D eigenvalue weighted by Gasteiger charge is 2.59.